The van der Waals surface area contributed by atoms with Crippen LogP contribution in [0.1, 0.15) is 40.5 Å². The van der Waals surface area contributed by atoms with E-state index in [4.69, 9.17) is 5.73 Å². The number of aryl methyl sites for hydroxylation is 1. The third-order valence-electron chi connectivity index (χ3n) is 5.15. The quantitative estimate of drug-likeness (QED) is 0.748. The van der Waals surface area contributed by atoms with Gasteiger partial charge in [0.15, 0.2) is 0 Å². The molecule has 1 saturated heterocycles. The summed E-state index contributed by atoms with van der Waals surface area (Å²) in [5.74, 6) is 0.158. The van der Waals surface area contributed by atoms with Crippen molar-refractivity contribution < 1.29 is 4.79 Å². The Balaban J connectivity index is 1.56. The molecular formula is C21H23N5O. The lowest BCUT2D eigenvalue weighted by atomic mass is 9.90. The van der Waals surface area contributed by atoms with Gasteiger partial charge in [-0.05, 0) is 37.5 Å². The predicted molar refractivity (Wildman–Crippen MR) is 105 cm³/mol. The van der Waals surface area contributed by atoms with E-state index in [0.717, 1.165) is 36.2 Å². The highest BCUT2D eigenvalue weighted by molar-refractivity contribution is 5.93. The first-order valence-corrected chi connectivity index (χ1v) is 9.23. The van der Waals surface area contributed by atoms with Crippen LogP contribution in [0, 0.1) is 6.92 Å². The van der Waals surface area contributed by atoms with Gasteiger partial charge in [-0.15, -0.1) is 0 Å². The molecule has 6 nitrogen and oxygen atoms in total. The number of pyridine rings is 1. The molecule has 0 bridgehead atoms. The van der Waals surface area contributed by atoms with E-state index in [1.54, 1.807) is 18.3 Å². The summed E-state index contributed by atoms with van der Waals surface area (Å²) in [7, 11) is 0. The number of carbonyl (C=O) groups excluding carboxylic acids is 1. The maximum atomic E-state index is 12.8. The summed E-state index contributed by atoms with van der Waals surface area (Å²) in [6, 6.07) is 11.8. The number of rotatable bonds is 3. The standard InChI is InChI=1S/C21H23N5O/c1-14-4-6-15(7-5-14)18-12-24-25-20(18)16-3-2-10-26(13-16)21(27)19-11-17(22)8-9-23-19/h4-9,11-12,16H,2-3,10,13H2,1H3,(H2,22,23)(H,24,25)/t16-/m0/s1. The Bertz CT molecular complexity index is 947. The van der Waals surface area contributed by atoms with Gasteiger partial charge in [-0.25, -0.2) is 0 Å². The molecule has 3 N–H and O–H groups in total. The first-order valence-electron chi connectivity index (χ1n) is 9.23. The van der Waals surface area contributed by atoms with Crippen LogP contribution in [0.5, 0.6) is 0 Å². The Morgan fingerprint density at radius 3 is 2.85 bits per heavy atom. The van der Waals surface area contributed by atoms with Gasteiger partial charge in [0.1, 0.15) is 5.69 Å². The number of nitrogen functional groups attached to an aromatic ring is 1. The lowest BCUT2D eigenvalue weighted by Crippen LogP contribution is -2.39. The Morgan fingerprint density at radius 2 is 2.07 bits per heavy atom. The molecule has 0 saturated carbocycles. The van der Waals surface area contributed by atoms with Crippen molar-refractivity contribution in [1.29, 1.82) is 0 Å². The molecule has 27 heavy (non-hydrogen) atoms. The van der Waals surface area contributed by atoms with Gasteiger partial charge in [0, 0.05) is 42.1 Å². The Labute approximate surface area is 158 Å². The minimum atomic E-state index is -0.0663. The van der Waals surface area contributed by atoms with Crippen molar-refractivity contribution in [2.24, 2.45) is 0 Å². The monoisotopic (exact) mass is 361 g/mol. The van der Waals surface area contributed by atoms with Crippen LogP contribution in [-0.4, -0.2) is 39.1 Å². The molecule has 0 aliphatic carbocycles. The summed E-state index contributed by atoms with van der Waals surface area (Å²) < 4.78 is 0. The summed E-state index contributed by atoms with van der Waals surface area (Å²) >= 11 is 0. The zero-order valence-electron chi connectivity index (χ0n) is 15.4. The lowest BCUT2D eigenvalue weighted by molar-refractivity contribution is 0.0700. The molecule has 0 radical (unpaired) electrons. The summed E-state index contributed by atoms with van der Waals surface area (Å²) in [6.07, 6.45) is 5.43. The fraction of sp³-hybridized carbons (Fsp3) is 0.286. The van der Waals surface area contributed by atoms with Crippen LogP contribution in [0.3, 0.4) is 0 Å². The van der Waals surface area contributed by atoms with E-state index in [-0.39, 0.29) is 11.8 Å². The number of benzene rings is 1. The van der Waals surface area contributed by atoms with E-state index in [2.05, 4.69) is 46.4 Å². The number of aromatic nitrogens is 3. The van der Waals surface area contributed by atoms with Gasteiger partial charge in [-0.2, -0.15) is 5.10 Å². The third kappa shape index (κ3) is 3.56. The number of aromatic amines is 1. The zero-order chi connectivity index (χ0) is 18.8. The van der Waals surface area contributed by atoms with Crippen molar-refractivity contribution in [2.75, 3.05) is 18.8 Å². The van der Waals surface area contributed by atoms with Crippen molar-refractivity contribution in [3.63, 3.8) is 0 Å². The highest BCUT2D eigenvalue weighted by Gasteiger charge is 2.28. The molecule has 0 spiro atoms. The topological polar surface area (TPSA) is 87.9 Å². The average Bonchev–Trinajstić information content (AvgIpc) is 3.18. The number of amides is 1. The zero-order valence-corrected chi connectivity index (χ0v) is 15.4. The van der Waals surface area contributed by atoms with Crippen LogP contribution in [0.25, 0.3) is 11.1 Å². The molecule has 1 aliphatic rings. The SMILES string of the molecule is Cc1ccc(-c2cn[nH]c2[C@H]2CCCN(C(=O)c3cc(N)ccn3)C2)cc1. The fourth-order valence-corrected chi connectivity index (χ4v) is 3.69. The summed E-state index contributed by atoms with van der Waals surface area (Å²) in [4.78, 5) is 18.9. The fourth-order valence-electron chi connectivity index (χ4n) is 3.69. The van der Waals surface area contributed by atoms with Crippen molar-refractivity contribution in [1.82, 2.24) is 20.1 Å². The number of anilines is 1. The van der Waals surface area contributed by atoms with Gasteiger partial charge in [-0.1, -0.05) is 29.8 Å². The molecule has 1 atom stereocenters. The molecule has 138 valence electrons. The van der Waals surface area contributed by atoms with E-state index < -0.39 is 0 Å². The van der Waals surface area contributed by atoms with Crippen molar-refractivity contribution >= 4 is 11.6 Å². The van der Waals surface area contributed by atoms with Gasteiger partial charge in [0.25, 0.3) is 5.91 Å². The third-order valence-corrected chi connectivity index (χ3v) is 5.15. The number of piperidine rings is 1. The van der Waals surface area contributed by atoms with E-state index in [1.165, 1.54) is 5.56 Å². The summed E-state index contributed by atoms with van der Waals surface area (Å²) in [5.41, 5.74) is 11.3. The molecule has 1 amide bonds. The molecule has 1 fully saturated rings. The predicted octanol–water partition coefficient (Wildman–Crippen LogP) is 3.38. The normalized spacial score (nSPS) is 17.1. The van der Waals surface area contributed by atoms with Gasteiger partial charge in [0.05, 0.1) is 6.20 Å². The second kappa shape index (κ2) is 7.23. The smallest absolute Gasteiger partial charge is 0.272 e. The van der Waals surface area contributed by atoms with Crippen LogP contribution in [0.2, 0.25) is 0 Å². The van der Waals surface area contributed by atoms with Crippen LogP contribution >= 0.6 is 0 Å². The van der Waals surface area contributed by atoms with E-state index in [0.29, 0.717) is 17.9 Å². The molecule has 6 heteroatoms. The van der Waals surface area contributed by atoms with Gasteiger partial charge < -0.3 is 10.6 Å². The highest BCUT2D eigenvalue weighted by Crippen LogP contribution is 2.33. The largest absolute Gasteiger partial charge is 0.399 e. The van der Waals surface area contributed by atoms with Crippen LogP contribution < -0.4 is 5.73 Å². The maximum Gasteiger partial charge on any atom is 0.272 e. The van der Waals surface area contributed by atoms with Gasteiger partial charge in [-0.3, -0.25) is 14.9 Å². The van der Waals surface area contributed by atoms with Crippen molar-refractivity contribution in [2.45, 2.75) is 25.7 Å². The minimum absolute atomic E-state index is 0.0663. The number of likely N-dealkylation sites (tertiary alicyclic amines) is 1. The number of nitrogens with one attached hydrogen (secondary N) is 1. The molecule has 0 unspecified atom stereocenters. The first-order chi connectivity index (χ1) is 13.1. The molecule has 2 aromatic heterocycles. The van der Waals surface area contributed by atoms with E-state index >= 15 is 0 Å². The average molecular weight is 361 g/mol. The molecule has 3 heterocycles. The number of H-pyrrole nitrogens is 1. The number of hydrogen-bond donors (Lipinski definition) is 2. The Kier molecular flexibility index (Phi) is 4.62. The van der Waals surface area contributed by atoms with E-state index in [1.807, 2.05) is 11.1 Å². The van der Waals surface area contributed by atoms with Crippen LogP contribution in [0.15, 0.2) is 48.8 Å². The Hall–Kier alpha value is -3.15. The molecule has 3 aromatic rings. The number of carbonyl (C=O) groups is 1. The highest BCUT2D eigenvalue weighted by atomic mass is 16.2. The van der Waals surface area contributed by atoms with Crippen molar-refractivity contribution in [3.05, 3.63) is 65.7 Å². The van der Waals surface area contributed by atoms with Crippen LogP contribution in [-0.2, 0) is 0 Å². The molecular weight excluding hydrogens is 338 g/mol. The number of nitrogens with zero attached hydrogens (tertiary/aromatic N) is 3. The van der Waals surface area contributed by atoms with Gasteiger partial charge >= 0.3 is 0 Å². The number of nitrogens with two attached hydrogens (primary N) is 1. The molecule has 1 aliphatic heterocycles. The summed E-state index contributed by atoms with van der Waals surface area (Å²) in [6.45, 7) is 3.46. The van der Waals surface area contributed by atoms with Crippen molar-refractivity contribution in [3.8, 4) is 11.1 Å². The van der Waals surface area contributed by atoms with Crippen LogP contribution in [0.4, 0.5) is 5.69 Å². The lowest BCUT2D eigenvalue weighted by Gasteiger charge is -2.32. The maximum absolute atomic E-state index is 12.8. The summed E-state index contributed by atoms with van der Waals surface area (Å²) in [5, 5.41) is 7.45. The van der Waals surface area contributed by atoms with Gasteiger partial charge in [0.2, 0.25) is 0 Å². The minimum Gasteiger partial charge on any atom is -0.399 e. The number of hydrogen-bond acceptors (Lipinski definition) is 4. The first kappa shape index (κ1) is 17.3. The second-order valence-electron chi connectivity index (χ2n) is 7.13. The Morgan fingerprint density at radius 1 is 1.26 bits per heavy atom. The van der Waals surface area contributed by atoms with E-state index in [9.17, 15) is 4.79 Å². The molecule has 1 aromatic carbocycles. The second-order valence-corrected chi connectivity index (χ2v) is 7.13. The molecule has 4 rings (SSSR count).